The lowest BCUT2D eigenvalue weighted by Gasteiger charge is -2.14. The number of hydrogen-bond donors (Lipinski definition) is 1. The molecule has 0 saturated heterocycles. The minimum absolute atomic E-state index is 0.0159. The van der Waals surface area contributed by atoms with Crippen molar-refractivity contribution in [1.82, 2.24) is 0 Å². The molecular weight excluding hydrogens is 264 g/mol. The molecule has 0 aliphatic rings. The van der Waals surface area contributed by atoms with Crippen LogP contribution in [0.4, 0.5) is 8.78 Å². The van der Waals surface area contributed by atoms with Gasteiger partial charge >= 0.3 is 0 Å². The maximum absolute atomic E-state index is 13.6. The minimum atomic E-state index is -0.585. The minimum Gasteiger partial charge on any atom is -0.324 e. The zero-order valence-corrected chi connectivity index (χ0v) is 10.2. The fourth-order valence-electron chi connectivity index (χ4n) is 1.45. The van der Waals surface area contributed by atoms with Crippen molar-refractivity contribution < 1.29 is 8.78 Å². The van der Waals surface area contributed by atoms with E-state index in [0.717, 1.165) is 12.8 Å². The molecule has 4 heteroatoms. The maximum atomic E-state index is 13.6. The number of halogens is 3. The van der Waals surface area contributed by atoms with E-state index in [1.165, 1.54) is 12.1 Å². The Kier molecular flexibility index (Phi) is 4.67. The van der Waals surface area contributed by atoms with E-state index in [1.54, 1.807) is 0 Å². The SMILES string of the molecule is CCCC[C@H](N)c1c(F)ccc(Br)c1F. The van der Waals surface area contributed by atoms with Gasteiger partial charge in [0.25, 0.3) is 0 Å². The highest BCUT2D eigenvalue weighted by atomic mass is 79.9. The molecule has 0 amide bonds. The van der Waals surface area contributed by atoms with Gasteiger partial charge in [0.1, 0.15) is 11.6 Å². The Hall–Kier alpha value is -0.480. The lowest BCUT2D eigenvalue weighted by molar-refractivity contribution is 0.500. The molecule has 0 radical (unpaired) electrons. The predicted molar refractivity (Wildman–Crippen MR) is 60.5 cm³/mol. The third kappa shape index (κ3) is 2.98. The van der Waals surface area contributed by atoms with E-state index in [0.29, 0.717) is 6.42 Å². The van der Waals surface area contributed by atoms with Crippen LogP contribution in [0, 0.1) is 11.6 Å². The fourth-order valence-corrected chi connectivity index (χ4v) is 1.80. The van der Waals surface area contributed by atoms with Crippen molar-refractivity contribution >= 4 is 15.9 Å². The van der Waals surface area contributed by atoms with Crippen LogP contribution in [0.15, 0.2) is 16.6 Å². The van der Waals surface area contributed by atoms with Gasteiger partial charge in [-0.1, -0.05) is 19.8 Å². The Morgan fingerprint density at radius 2 is 2.07 bits per heavy atom. The van der Waals surface area contributed by atoms with Crippen LogP contribution < -0.4 is 5.73 Å². The van der Waals surface area contributed by atoms with Crippen LogP contribution in [0.2, 0.25) is 0 Å². The first-order valence-electron chi connectivity index (χ1n) is 4.96. The molecule has 2 N–H and O–H groups in total. The summed E-state index contributed by atoms with van der Waals surface area (Å²) < 4.78 is 27.2. The normalized spacial score (nSPS) is 12.9. The molecule has 84 valence electrons. The zero-order chi connectivity index (χ0) is 11.4. The molecule has 0 aromatic heterocycles. The molecule has 0 aliphatic carbocycles. The topological polar surface area (TPSA) is 26.0 Å². The lowest BCUT2D eigenvalue weighted by atomic mass is 10.0. The van der Waals surface area contributed by atoms with E-state index in [-0.39, 0.29) is 10.0 Å². The van der Waals surface area contributed by atoms with Crippen molar-refractivity contribution in [2.45, 2.75) is 32.2 Å². The first-order valence-corrected chi connectivity index (χ1v) is 5.76. The fraction of sp³-hybridized carbons (Fsp3) is 0.455. The van der Waals surface area contributed by atoms with Crippen molar-refractivity contribution in [3.63, 3.8) is 0 Å². The van der Waals surface area contributed by atoms with Crippen molar-refractivity contribution in [2.75, 3.05) is 0 Å². The summed E-state index contributed by atoms with van der Waals surface area (Å²) in [5.74, 6) is -1.15. The Balaban J connectivity index is 2.96. The Morgan fingerprint density at radius 1 is 1.40 bits per heavy atom. The standard InChI is InChI=1S/C11H14BrF2N/c1-2-3-4-9(15)10-8(13)6-5-7(12)11(10)14/h5-6,9H,2-4,15H2,1H3/t9-/m0/s1. The van der Waals surface area contributed by atoms with E-state index in [9.17, 15) is 8.78 Å². The van der Waals surface area contributed by atoms with Crippen LogP contribution in [0.1, 0.15) is 37.8 Å². The second-order valence-corrected chi connectivity index (χ2v) is 4.36. The van der Waals surface area contributed by atoms with Crippen LogP contribution in [0.5, 0.6) is 0 Å². The highest BCUT2D eigenvalue weighted by Crippen LogP contribution is 2.27. The third-order valence-corrected chi connectivity index (χ3v) is 2.93. The first kappa shape index (κ1) is 12.6. The van der Waals surface area contributed by atoms with E-state index in [4.69, 9.17) is 5.73 Å². The summed E-state index contributed by atoms with van der Waals surface area (Å²) in [6.45, 7) is 2.01. The van der Waals surface area contributed by atoms with Crippen LogP contribution in [0.25, 0.3) is 0 Å². The molecule has 1 aromatic carbocycles. The summed E-state index contributed by atoms with van der Waals surface area (Å²) in [7, 11) is 0. The van der Waals surface area contributed by atoms with Crippen LogP contribution in [0.3, 0.4) is 0 Å². The van der Waals surface area contributed by atoms with Crippen molar-refractivity contribution in [2.24, 2.45) is 5.73 Å². The van der Waals surface area contributed by atoms with Crippen molar-refractivity contribution in [3.05, 3.63) is 33.8 Å². The summed E-state index contributed by atoms with van der Waals surface area (Å²) in [4.78, 5) is 0. The summed E-state index contributed by atoms with van der Waals surface area (Å²) in [6.07, 6.45) is 2.43. The average Bonchev–Trinajstić information content (AvgIpc) is 2.21. The van der Waals surface area contributed by atoms with E-state index in [1.807, 2.05) is 6.92 Å². The van der Waals surface area contributed by atoms with E-state index < -0.39 is 17.7 Å². The molecule has 1 rings (SSSR count). The van der Waals surface area contributed by atoms with Gasteiger partial charge in [-0.3, -0.25) is 0 Å². The molecule has 0 spiro atoms. The van der Waals surface area contributed by atoms with E-state index >= 15 is 0 Å². The third-order valence-electron chi connectivity index (χ3n) is 2.32. The highest BCUT2D eigenvalue weighted by Gasteiger charge is 2.18. The number of benzene rings is 1. The zero-order valence-electron chi connectivity index (χ0n) is 8.56. The van der Waals surface area contributed by atoms with Gasteiger partial charge in [-0.25, -0.2) is 8.78 Å². The highest BCUT2D eigenvalue weighted by molar-refractivity contribution is 9.10. The van der Waals surface area contributed by atoms with Gasteiger partial charge in [-0.15, -0.1) is 0 Å². The predicted octanol–water partition coefficient (Wildman–Crippen LogP) is 3.92. The Morgan fingerprint density at radius 3 is 2.67 bits per heavy atom. The number of rotatable bonds is 4. The molecule has 0 heterocycles. The van der Waals surface area contributed by atoms with Gasteiger partial charge in [-0.05, 0) is 34.5 Å². The van der Waals surface area contributed by atoms with Crippen molar-refractivity contribution in [3.8, 4) is 0 Å². The molecule has 0 aliphatic heterocycles. The van der Waals surface area contributed by atoms with E-state index in [2.05, 4.69) is 15.9 Å². The van der Waals surface area contributed by atoms with Crippen LogP contribution >= 0.6 is 15.9 Å². The maximum Gasteiger partial charge on any atom is 0.145 e. The Bertz CT molecular complexity index is 342. The summed E-state index contributed by atoms with van der Waals surface area (Å²) >= 11 is 3.02. The molecule has 0 bridgehead atoms. The molecule has 0 saturated carbocycles. The molecule has 1 nitrogen and oxygen atoms in total. The van der Waals surface area contributed by atoms with Crippen LogP contribution in [-0.4, -0.2) is 0 Å². The van der Waals surface area contributed by atoms with Gasteiger partial charge in [0.05, 0.1) is 4.47 Å². The van der Waals surface area contributed by atoms with Gasteiger partial charge in [-0.2, -0.15) is 0 Å². The quantitative estimate of drug-likeness (QED) is 0.830. The lowest BCUT2D eigenvalue weighted by Crippen LogP contribution is -2.14. The number of unbranched alkanes of at least 4 members (excludes halogenated alkanes) is 1. The molecule has 0 unspecified atom stereocenters. The molecule has 1 atom stereocenters. The molecule has 0 fully saturated rings. The van der Waals surface area contributed by atoms with Gasteiger partial charge in [0.15, 0.2) is 0 Å². The monoisotopic (exact) mass is 277 g/mol. The summed E-state index contributed by atoms with van der Waals surface area (Å²) in [5.41, 5.74) is 5.73. The smallest absolute Gasteiger partial charge is 0.145 e. The largest absolute Gasteiger partial charge is 0.324 e. The molecule has 1 aromatic rings. The van der Waals surface area contributed by atoms with Gasteiger partial charge in [0, 0.05) is 11.6 Å². The van der Waals surface area contributed by atoms with Gasteiger partial charge in [0.2, 0.25) is 0 Å². The summed E-state index contributed by atoms with van der Waals surface area (Å²) in [6, 6.07) is 2.01. The Labute approximate surface area is 96.8 Å². The summed E-state index contributed by atoms with van der Waals surface area (Å²) in [5, 5.41) is 0. The van der Waals surface area contributed by atoms with Crippen LogP contribution in [-0.2, 0) is 0 Å². The number of nitrogens with two attached hydrogens (primary N) is 1. The second kappa shape index (κ2) is 5.56. The molecular formula is C11H14BrF2N. The van der Waals surface area contributed by atoms with Gasteiger partial charge < -0.3 is 5.73 Å². The molecule has 15 heavy (non-hydrogen) atoms. The average molecular weight is 278 g/mol. The number of hydrogen-bond acceptors (Lipinski definition) is 1. The second-order valence-electron chi connectivity index (χ2n) is 3.51. The first-order chi connectivity index (χ1) is 7.07. The van der Waals surface area contributed by atoms with Crippen molar-refractivity contribution in [1.29, 1.82) is 0 Å².